The van der Waals surface area contributed by atoms with Gasteiger partial charge < -0.3 is 24.5 Å². The van der Waals surface area contributed by atoms with Gasteiger partial charge in [0.15, 0.2) is 0 Å². The van der Waals surface area contributed by atoms with Crippen molar-refractivity contribution in [3.8, 4) is 17.2 Å². The van der Waals surface area contributed by atoms with Crippen molar-refractivity contribution in [1.82, 2.24) is 0 Å². The van der Waals surface area contributed by atoms with E-state index in [2.05, 4.69) is 0 Å². The Hall–Kier alpha value is -2.99. The summed E-state index contributed by atoms with van der Waals surface area (Å²) in [5.41, 5.74) is 1.28. The van der Waals surface area contributed by atoms with Gasteiger partial charge in [-0.3, -0.25) is 4.79 Å². The van der Waals surface area contributed by atoms with Crippen LogP contribution in [0.5, 0.6) is 17.2 Å². The minimum absolute atomic E-state index is 0.0556. The molecule has 3 aromatic rings. The Labute approximate surface area is 167 Å². The van der Waals surface area contributed by atoms with E-state index in [4.69, 9.17) is 9.15 Å². The number of phenolic OH excluding ortho intramolecular Hbond substituents is 2. The number of aromatic hydroxyl groups is 2. The monoisotopic (exact) mass is 396 g/mol. The number of ether oxygens (including phenoxy) is 1. The lowest BCUT2D eigenvalue weighted by Crippen LogP contribution is -2.39. The van der Waals surface area contributed by atoms with Crippen molar-refractivity contribution in [1.29, 1.82) is 0 Å². The van der Waals surface area contributed by atoms with Crippen LogP contribution in [0.1, 0.15) is 38.8 Å². The summed E-state index contributed by atoms with van der Waals surface area (Å²) in [4.78, 5) is 13.2. The second-order valence-corrected chi connectivity index (χ2v) is 8.40. The molecule has 0 fully saturated rings. The number of benzene rings is 2. The molecule has 6 heteroatoms. The highest BCUT2D eigenvalue weighted by atomic mass is 16.5. The van der Waals surface area contributed by atoms with Crippen LogP contribution in [0.25, 0.3) is 21.9 Å². The Bertz CT molecular complexity index is 1220. The van der Waals surface area contributed by atoms with Gasteiger partial charge in [-0.15, -0.1) is 0 Å². The standard InChI is InChI=1S/C23H24O6/c1-11(2)5-7-13-21-15(10-17(29-21)23(3,4)27)20(26)18-19(25)14-9-12(24)6-8-16(14)28-22(13)18/h5-6,8-9,17,24,26-27H,7,10H2,1-4H3/t17-/m1/s1. The average molecular weight is 396 g/mol. The molecule has 0 unspecified atom stereocenters. The summed E-state index contributed by atoms with van der Waals surface area (Å²) in [7, 11) is 0. The molecule has 2 aromatic carbocycles. The number of rotatable bonds is 3. The first-order valence-electron chi connectivity index (χ1n) is 9.56. The minimum atomic E-state index is -1.13. The van der Waals surface area contributed by atoms with E-state index in [0.717, 1.165) is 5.57 Å². The molecule has 2 heterocycles. The van der Waals surface area contributed by atoms with Crippen molar-refractivity contribution >= 4 is 21.9 Å². The van der Waals surface area contributed by atoms with Crippen LogP contribution in [0, 0.1) is 0 Å². The maximum Gasteiger partial charge on any atom is 0.204 e. The van der Waals surface area contributed by atoms with Crippen molar-refractivity contribution in [2.24, 2.45) is 0 Å². The van der Waals surface area contributed by atoms with Gasteiger partial charge in [-0.1, -0.05) is 11.6 Å². The quantitative estimate of drug-likeness (QED) is 0.458. The third-order valence-corrected chi connectivity index (χ3v) is 5.37. The summed E-state index contributed by atoms with van der Waals surface area (Å²) in [6, 6.07) is 4.31. The highest BCUT2D eigenvalue weighted by molar-refractivity contribution is 5.97. The van der Waals surface area contributed by atoms with Gasteiger partial charge in [-0.25, -0.2) is 0 Å². The molecule has 0 aliphatic carbocycles. The van der Waals surface area contributed by atoms with Crippen LogP contribution in [0.4, 0.5) is 0 Å². The molecule has 0 bridgehead atoms. The summed E-state index contributed by atoms with van der Waals surface area (Å²) >= 11 is 0. The molecule has 1 aliphatic heterocycles. The van der Waals surface area contributed by atoms with E-state index < -0.39 is 17.1 Å². The Morgan fingerprint density at radius 3 is 2.66 bits per heavy atom. The van der Waals surface area contributed by atoms with Crippen LogP contribution >= 0.6 is 0 Å². The van der Waals surface area contributed by atoms with E-state index in [9.17, 15) is 20.1 Å². The first-order chi connectivity index (χ1) is 13.6. The molecule has 1 aliphatic rings. The fourth-order valence-electron chi connectivity index (χ4n) is 3.74. The van der Waals surface area contributed by atoms with Crippen LogP contribution in [-0.4, -0.2) is 27.0 Å². The Kier molecular flexibility index (Phi) is 4.35. The lowest BCUT2D eigenvalue weighted by atomic mass is 9.94. The molecule has 4 rings (SSSR count). The van der Waals surface area contributed by atoms with Crippen molar-refractivity contribution < 1.29 is 24.5 Å². The first kappa shape index (κ1) is 19.3. The van der Waals surface area contributed by atoms with Crippen LogP contribution in [0.15, 0.2) is 39.1 Å². The summed E-state index contributed by atoms with van der Waals surface area (Å²) in [6.45, 7) is 7.24. The summed E-state index contributed by atoms with van der Waals surface area (Å²) in [5.74, 6) is 0.211. The second-order valence-electron chi connectivity index (χ2n) is 8.40. The predicted octanol–water partition coefficient (Wildman–Crippen LogP) is 3.94. The molecule has 0 amide bonds. The number of fused-ring (bicyclic) bond motifs is 3. The van der Waals surface area contributed by atoms with E-state index in [-0.39, 0.29) is 34.3 Å². The summed E-state index contributed by atoms with van der Waals surface area (Å²) < 4.78 is 12.1. The molecule has 1 atom stereocenters. The number of phenols is 2. The highest BCUT2D eigenvalue weighted by Crippen LogP contribution is 2.46. The molecular weight excluding hydrogens is 372 g/mol. The third kappa shape index (κ3) is 3.13. The molecule has 6 nitrogen and oxygen atoms in total. The molecule has 1 aromatic heterocycles. The van der Waals surface area contributed by atoms with Gasteiger partial charge in [0.1, 0.15) is 39.9 Å². The lowest BCUT2D eigenvalue weighted by Gasteiger charge is -2.24. The smallest absolute Gasteiger partial charge is 0.204 e. The van der Waals surface area contributed by atoms with E-state index in [0.29, 0.717) is 28.9 Å². The van der Waals surface area contributed by atoms with Gasteiger partial charge in [0, 0.05) is 17.5 Å². The van der Waals surface area contributed by atoms with E-state index in [1.54, 1.807) is 13.8 Å². The van der Waals surface area contributed by atoms with E-state index >= 15 is 0 Å². The Balaban J connectivity index is 2.10. The predicted molar refractivity (Wildman–Crippen MR) is 111 cm³/mol. The van der Waals surface area contributed by atoms with E-state index in [1.807, 2.05) is 19.9 Å². The molecule has 29 heavy (non-hydrogen) atoms. The normalized spacial score (nSPS) is 16.1. The molecule has 0 radical (unpaired) electrons. The molecule has 0 saturated heterocycles. The van der Waals surface area contributed by atoms with Gasteiger partial charge in [0.2, 0.25) is 5.43 Å². The number of allylic oxidation sites excluding steroid dienone is 2. The maximum atomic E-state index is 13.2. The minimum Gasteiger partial charge on any atom is -0.508 e. The number of hydrogen-bond acceptors (Lipinski definition) is 6. The second kappa shape index (κ2) is 6.52. The molecular formula is C23H24O6. The highest BCUT2D eigenvalue weighted by Gasteiger charge is 2.39. The van der Waals surface area contributed by atoms with Crippen molar-refractivity contribution in [3.63, 3.8) is 0 Å². The molecule has 152 valence electrons. The summed E-state index contributed by atoms with van der Waals surface area (Å²) in [6.07, 6.45) is 2.17. The molecule has 0 saturated carbocycles. The topological polar surface area (TPSA) is 100 Å². The van der Waals surface area contributed by atoms with Gasteiger partial charge >= 0.3 is 0 Å². The molecule has 3 N–H and O–H groups in total. The molecule has 0 spiro atoms. The largest absolute Gasteiger partial charge is 0.508 e. The zero-order valence-electron chi connectivity index (χ0n) is 16.9. The average Bonchev–Trinajstić information content (AvgIpc) is 3.08. The summed E-state index contributed by atoms with van der Waals surface area (Å²) in [5, 5.41) is 31.4. The SMILES string of the molecule is CC(C)=CCc1c2c(c(O)c3c(=O)c4cc(O)ccc4oc13)C[C@H](C(C)(C)O)O2. The van der Waals surface area contributed by atoms with Crippen LogP contribution in [0.2, 0.25) is 0 Å². The Morgan fingerprint density at radius 2 is 2.00 bits per heavy atom. The van der Waals surface area contributed by atoms with E-state index in [1.165, 1.54) is 18.2 Å². The fourth-order valence-corrected chi connectivity index (χ4v) is 3.74. The fraction of sp³-hybridized carbons (Fsp3) is 0.348. The maximum absolute atomic E-state index is 13.2. The Morgan fingerprint density at radius 1 is 1.28 bits per heavy atom. The van der Waals surface area contributed by atoms with Crippen LogP contribution < -0.4 is 10.2 Å². The number of hydrogen-bond donors (Lipinski definition) is 3. The van der Waals surface area contributed by atoms with Gasteiger partial charge in [0.25, 0.3) is 0 Å². The number of aliphatic hydroxyl groups is 1. The lowest BCUT2D eigenvalue weighted by molar-refractivity contribution is -0.0232. The van der Waals surface area contributed by atoms with Crippen LogP contribution in [-0.2, 0) is 12.8 Å². The van der Waals surface area contributed by atoms with Crippen molar-refractivity contribution in [3.05, 3.63) is 51.2 Å². The van der Waals surface area contributed by atoms with Gasteiger partial charge in [-0.2, -0.15) is 0 Å². The van der Waals surface area contributed by atoms with Crippen LogP contribution in [0.3, 0.4) is 0 Å². The van der Waals surface area contributed by atoms with Crippen molar-refractivity contribution in [2.45, 2.75) is 52.2 Å². The zero-order chi connectivity index (χ0) is 21.1. The van der Waals surface area contributed by atoms with Gasteiger partial charge in [-0.05, 0) is 52.3 Å². The zero-order valence-corrected chi connectivity index (χ0v) is 16.9. The van der Waals surface area contributed by atoms with Gasteiger partial charge in [0.05, 0.1) is 11.0 Å². The third-order valence-electron chi connectivity index (χ3n) is 5.37. The van der Waals surface area contributed by atoms with Crippen molar-refractivity contribution in [2.75, 3.05) is 0 Å². The first-order valence-corrected chi connectivity index (χ1v) is 9.56.